The minimum atomic E-state index is -0.00954. The Morgan fingerprint density at radius 3 is 2.83 bits per heavy atom. The van der Waals surface area contributed by atoms with Crippen molar-refractivity contribution >= 4 is 5.91 Å². The lowest BCUT2D eigenvalue weighted by molar-refractivity contribution is -0.121. The molecule has 0 radical (unpaired) electrons. The van der Waals surface area contributed by atoms with E-state index in [2.05, 4.69) is 5.32 Å². The highest BCUT2D eigenvalue weighted by Gasteiger charge is 2.00. The molecule has 72 valence electrons. The molecule has 0 aliphatic rings. The average molecular weight is 174 g/mol. The summed E-state index contributed by atoms with van der Waals surface area (Å²) >= 11 is 0. The molecule has 0 heterocycles. The van der Waals surface area contributed by atoms with Gasteiger partial charge in [0.1, 0.15) is 0 Å². The van der Waals surface area contributed by atoms with Crippen LogP contribution in [0.2, 0.25) is 0 Å². The van der Waals surface area contributed by atoms with Gasteiger partial charge in [0.2, 0.25) is 5.91 Å². The number of nitrogens with two attached hydrogens (primary N) is 1. The summed E-state index contributed by atoms with van der Waals surface area (Å²) in [5, 5.41) is 11.0. The molecular formula is C8H18N2O2. The second-order valence-electron chi connectivity index (χ2n) is 2.94. The van der Waals surface area contributed by atoms with Crippen molar-refractivity contribution in [3.63, 3.8) is 0 Å². The molecule has 4 nitrogen and oxygen atoms in total. The molecule has 4 N–H and O–H groups in total. The first-order chi connectivity index (χ1) is 5.66. The number of nitrogens with one attached hydrogen (secondary N) is 1. The van der Waals surface area contributed by atoms with Gasteiger partial charge in [0.25, 0.3) is 0 Å². The number of carbonyl (C=O) groups is 1. The van der Waals surface area contributed by atoms with E-state index in [0.717, 1.165) is 12.8 Å². The van der Waals surface area contributed by atoms with Gasteiger partial charge in [-0.05, 0) is 19.8 Å². The smallest absolute Gasteiger partial charge is 0.220 e. The van der Waals surface area contributed by atoms with E-state index in [9.17, 15) is 4.79 Å². The molecule has 0 aliphatic heterocycles. The molecule has 0 spiro atoms. The third kappa shape index (κ3) is 7.50. The molecule has 0 fully saturated rings. The van der Waals surface area contributed by atoms with Gasteiger partial charge in [0.05, 0.1) is 6.61 Å². The van der Waals surface area contributed by atoms with Gasteiger partial charge in [0.15, 0.2) is 0 Å². The van der Waals surface area contributed by atoms with Crippen molar-refractivity contribution in [3.05, 3.63) is 0 Å². The van der Waals surface area contributed by atoms with Crippen LogP contribution in [0.25, 0.3) is 0 Å². The lowest BCUT2D eigenvalue weighted by Gasteiger charge is -2.04. The monoisotopic (exact) mass is 174 g/mol. The quantitative estimate of drug-likeness (QED) is 0.513. The SMILES string of the molecule is CC(N)CCCC(=O)NCCO. The van der Waals surface area contributed by atoms with E-state index in [-0.39, 0.29) is 18.6 Å². The van der Waals surface area contributed by atoms with E-state index >= 15 is 0 Å². The van der Waals surface area contributed by atoms with Crippen LogP contribution in [0.5, 0.6) is 0 Å². The fourth-order valence-electron chi connectivity index (χ4n) is 0.868. The second kappa shape index (κ2) is 7.06. The topological polar surface area (TPSA) is 75.4 Å². The zero-order valence-corrected chi connectivity index (χ0v) is 7.55. The first kappa shape index (κ1) is 11.4. The average Bonchev–Trinajstić information content (AvgIpc) is 2.00. The Morgan fingerprint density at radius 1 is 1.67 bits per heavy atom. The minimum absolute atomic E-state index is 0.000961. The Labute approximate surface area is 73.1 Å². The highest BCUT2D eigenvalue weighted by Crippen LogP contribution is 1.97. The molecule has 0 aliphatic carbocycles. The van der Waals surface area contributed by atoms with Crippen LogP contribution >= 0.6 is 0 Å². The summed E-state index contributed by atoms with van der Waals surface area (Å²) in [7, 11) is 0. The predicted octanol–water partition coefficient (Wildman–Crippen LogP) is -0.388. The molecule has 0 aromatic heterocycles. The van der Waals surface area contributed by atoms with E-state index in [0.29, 0.717) is 13.0 Å². The number of aliphatic hydroxyl groups excluding tert-OH is 1. The molecule has 0 aromatic carbocycles. The van der Waals surface area contributed by atoms with Gasteiger partial charge in [-0.2, -0.15) is 0 Å². The van der Waals surface area contributed by atoms with Gasteiger partial charge in [0, 0.05) is 19.0 Å². The molecule has 0 bridgehead atoms. The number of aliphatic hydroxyl groups is 1. The van der Waals surface area contributed by atoms with E-state index in [1.807, 2.05) is 6.92 Å². The summed E-state index contributed by atoms with van der Waals surface area (Å²) in [4.78, 5) is 10.9. The second-order valence-corrected chi connectivity index (χ2v) is 2.94. The van der Waals surface area contributed by atoms with E-state index in [4.69, 9.17) is 10.8 Å². The Balaban J connectivity index is 3.20. The van der Waals surface area contributed by atoms with Crippen molar-refractivity contribution in [2.75, 3.05) is 13.2 Å². The van der Waals surface area contributed by atoms with Crippen LogP contribution in [0.4, 0.5) is 0 Å². The van der Waals surface area contributed by atoms with E-state index in [1.54, 1.807) is 0 Å². The maximum atomic E-state index is 10.9. The van der Waals surface area contributed by atoms with Gasteiger partial charge in [-0.15, -0.1) is 0 Å². The zero-order chi connectivity index (χ0) is 9.40. The lowest BCUT2D eigenvalue weighted by atomic mass is 10.1. The van der Waals surface area contributed by atoms with Gasteiger partial charge < -0.3 is 16.2 Å². The number of rotatable bonds is 6. The van der Waals surface area contributed by atoms with Crippen molar-refractivity contribution in [1.82, 2.24) is 5.32 Å². The van der Waals surface area contributed by atoms with Crippen LogP contribution in [0.1, 0.15) is 26.2 Å². The summed E-state index contributed by atoms with van der Waals surface area (Å²) in [6.45, 7) is 2.27. The first-order valence-corrected chi connectivity index (χ1v) is 4.30. The van der Waals surface area contributed by atoms with Crippen LogP contribution < -0.4 is 11.1 Å². The summed E-state index contributed by atoms with van der Waals surface area (Å²) in [6, 6.07) is 0.163. The molecule has 0 saturated carbocycles. The number of hydrogen-bond acceptors (Lipinski definition) is 3. The molecule has 1 atom stereocenters. The van der Waals surface area contributed by atoms with Crippen LogP contribution in [-0.4, -0.2) is 30.2 Å². The zero-order valence-electron chi connectivity index (χ0n) is 7.55. The molecule has 12 heavy (non-hydrogen) atoms. The largest absolute Gasteiger partial charge is 0.395 e. The highest BCUT2D eigenvalue weighted by atomic mass is 16.3. The molecule has 1 unspecified atom stereocenters. The number of carbonyl (C=O) groups excluding carboxylic acids is 1. The van der Waals surface area contributed by atoms with Crippen LogP contribution in [0.3, 0.4) is 0 Å². The highest BCUT2D eigenvalue weighted by molar-refractivity contribution is 5.75. The Bertz CT molecular complexity index is 126. The normalized spacial score (nSPS) is 12.6. The summed E-state index contributed by atoms with van der Waals surface area (Å²) < 4.78 is 0. The lowest BCUT2D eigenvalue weighted by Crippen LogP contribution is -2.26. The van der Waals surface area contributed by atoms with Crippen molar-refractivity contribution < 1.29 is 9.90 Å². The predicted molar refractivity (Wildman–Crippen MR) is 47.6 cm³/mol. The molecule has 0 aromatic rings. The van der Waals surface area contributed by atoms with Gasteiger partial charge in [-0.1, -0.05) is 0 Å². The third-order valence-corrected chi connectivity index (χ3v) is 1.50. The van der Waals surface area contributed by atoms with Crippen molar-refractivity contribution in [1.29, 1.82) is 0 Å². The third-order valence-electron chi connectivity index (χ3n) is 1.50. The number of hydrogen-bond donors (Lipinski definition) is 3. The summed E-state index contributed by atoms with van der Waals surface area (Å²) in [5.41, 5.74) is 5.51. The standard InChI is InChI=1S/C8H18N2O2/c1-7(9)3-2-4-8(12)10-5-6-11/h7,11H,2-6,9H2,1H3,(H,10,12). The Hall–Kier alpha value is -0.610. The van der Waals surface area contributed by atoms with Crippen molar-refractivity contribution in [2.24, 2.45) is 5.73 Å². The molecule has 4 heteroatoms. The fourth-order valence-corrected chi connectivity index (χ4v) is 0.868. The van der Waals surface area contributed by atoms with Gasteiger partial charge >= 0.3 is 0 Å². The van der Waals surface area contributed by atoms with Crippen LogP contribution in [0, 0.1) is 0 Å². The van der Waals surface area contributed by atoms with Crippen LogP contribution in [0.15, 0.2) is 0 Å². The van der Waals surface area contributed by atoms with Gasteiger partial charge in [-0.25, -0.2) is 0 Å². The number of amides is 1. The summed E-state index contributed by atoms with van der Waals surface area (Å²) in [5.74, 6) is -0.00954. The molecule has 1 amide bonds. The fraction of sp³-hybridized carbons (Fsp3) is 0.875. The van der Waals surface area contributed by atoms with E-state index in [1.165, 1.54) is 0 Å². The summed E-state index contributed by atoms with van der Waals surface area (Å²) in [6.07, 6.45) is 2.18. The minimum Gasteiger partial charge on any atom is -0.395 e. The Morgan fingerprint density at radius 2 is 2.33 bits per heavy atom. The first-order valence-electron chi connectivity index (χ1n) is 4.30. The van der Waals surface area contributed by atoms with E-state index < -0.39 is 0 Å². The Kier molecular flexibility index (Phi) is 6.70. The molecular weight excluding hydrogens is 156 g/mol. The van der Waals surface area contributed by atoms with Crippen LogP contribution in [-0.2, 0) is 4.79 Å². The van der Waals surface area contributed by atoms with Gasteiger partial charge in [-0.3, -0.25) is 4.79 Å². The molecule has 0 saturated heterocycles. The van der Waals surface area contributed by atoms with Crippen molar-refractivity contribution in [2.45, 2.75) is 32.2 Å². The molecule has 0 rings (SSSR count). The van der Waals surface area contributed by atoms with Crippen molar-refractivity contribution in [3.8, 4) is 0 Å². The maximum absolute atomic E-state index is 10.9. The maximum Gasteiger partial charge on any atom is 0.220 e.